The van der Waals surface area contributed by atoms with Crippen LogP contribution < -0.4 is 15.5 Å². The van der Waals surface area contributed by atoms with Gasteiger partial charge in [-0.1, -0.05) is 18.2 Å². The van der Waals surface area contributed by atoms with Crippen LogP contribution in [0.15, 0.2) is 35.5 Å². The molecule has 0 amide bonds. The van der Waals surface area contributed by atoms with Gasteiger partial charge in [-0.15, -0.1) is 0 Å². The van der Waals surface area contributed by atoms with Crippen molar-refractivity contribution in [3.63, 3.8) is 0 Å². The first-order valence-corrected chi connectivity index (χ1v) is 9.20. The summed E-state index contributed by atoms with van der Waals surface area (Å²) in [7, 11) is 1.52. The smallest absolute Gasteiger partial charge is 0.187 e. The molecule has 1 aromatic rings. The Morgan fingerprint density at radius 2 is 2.24 bits per heavy atom. The number of nitrogens with zero attached hydrogens (tertiary/aromatic N) is 1. The van der Waals surface area contributed by atoms with Gasteiger partial charge in [-0.05, 0) is 67.3 Å². The molecule has 0 unspecified atom stereocenters. The highest BCUT2D eigenvalue weighted by Crippen LogP contribution is 2.56. The van der Waals surface area contributed by atoms with Crippen molar-refractivity contribution in [2.75, 3.05) is 7.11 Å². The standard InChI is InChI=1S/C19H23N3O2S/c1-24-17-7-2-4-11(18(17)23)10-20-22-19(25)21-16-9-12-8-15(16)14-6-3-5-13(12)14/h2-4,6-7,10,12-16,23H,5,8-9H2,1H3,(H2,21,22,25)/b20-10-/t12-,13+,14-,15+,16-/m1/s1. The van der Waals surface area contributed by atoms with Gasteiger partial charge in [0.05, 0.1) is 13.3 Å². The van der Waals surface area contributed by atoms with Crippen LogP contribution in [-0.4, -0.2) is 29.6 Å². The second-order valence-corrected chi connectivity index (χ2v) is 7.56. The molecule has 2 bridgehead atoms. The predicted octanol–water partition coefficient (Wildman–Crippen LogP) is 2.80. The molecule has 3 N–H and O–H groups in total. The van der Waals surface area contributed by atoms with E-state index in [0.717, 1.165) is 17.8 Å². The summed E-state index contributed by atoms with van der Waals surface area (Å²) >= 11 is 5.38. The molecular formula is C19H23N3O2S. The number of phenolic OH excluding ortho intramolecular Hbond substituents is 1. The molecule has 0 radical (unpaired) electrons. The average molecular weight is 357 g/mol. The lowest BCUT2D eigenvalue weighted by Gasteiger charge is -2.32. The number of hydrogen-bond acceptors (Lipinski definition) is 4. The van der Waals surface area contributed by atoms with Crippen LogP contribution in [0, 0.1) is 23.7 Å². The zero-order valence-electron chi connectivity index (χ0n) is 14.2. The lowest BCUT2D eigenvalue weighted by atomic mass is 9.79. The van der Waals surface area contributed by atoms with Gasteiger partial charge in [-0.25, -0.2) is 0 Å². The first-order chi connectivity index (χ1) is 12.2. The number of hydrazone groups is 1. The zero-order chi connectivity index (χ0) is 17.4. The maximum absolute atomic E-state index is 10.0. The predicted molar refractivity (Wildman–Crippen MR) is 102 cm³/mol. The maximum atomic E-state index is 10.0. The molecule has 0 aliphatic heterocycles. The summed E-state index contributed by atoms with van der Waals surface area (Å²) < 4.78 is 5.09. The van der Waals surface area contributed by atoms with Crippen molar-refractivity contribution < 1.29 is 9.84 Å². The molecule has 5 nitrogen and oxygen atoms in total. The Labute approximate surface area is 153 Å². The van der Waals surface area contributed by atoms with E-state index in [0.29, 0.717) is 28.4 Å². The van der Waals surface area contributed by atoms with E-state index in [-0.39, 0.29) is 5.75 Å². The van der Waals surface area contributed by atoms with Gasteiger partial charge < -0.3 is 15.2 Å². The summed E-state index contributed by atoms with van der Waals surface area (Å²) in [5.41, 5.74) is 3.44. The van der Waals surface area contributed by atoms with E-state index >= 15 is 0 Å². The summed E-state index contributed by atoms with van der Waals surface area (Å²) in [5.74, 6) is 3.63. The Kier molecular flexibility index (Phi) is 4.37. The number of aromatic hydroxyl groups is 1. The number of ether oxygens (including phenoxy) is 1. The number of nitrogens with one attached hydrogen (secondary N) is 2. The number of hydrogen-bond donors (Lipinski definition) is 3. The van der Waals surface area contributed by atoms with E-state index in [2.05, 4.69) is 28.0 Å². The van der Waals surface area contributed by atoms with Gasteiger partial charge in [-0.2, -0.15) is 5.10 Å². The Morgan fingerprint density at radius 1 is 1.36 bits per heavy atom. The Balaban J connectivity index is 1.32. The van der Waals surface area contributed by atoms with E-state index in [1.807, 2.05) is 0 Å². The highest BCUT2D eigenvalue weighted by Gasteiger charge is 2.52. The van der Waals surface area contributed by atoms with Crippen LogP contribution in [0.25, 0.3) is 0 Å². The largest absolute Gasteiger partial charge is 0.504 e. The van der Waals surface area contributed by atoms with Crippen LogP contribution in [0.1, 0.15) is 24.8 Å². The van der Waals surface area contributed by atoms with Crippen molar-refractivity contribution in [1.29, 1.82) is 0 Å². The molecule has 2 fully saturated rings. The molecule has 4 rings (SSSR count). The van der Waals surface area contributed by atoms with Crippen molar-refractivity contribution in [2.45, 2.75) is 25.3 Å². The van der Waals surface area contributed by atoms with E-state index in [1.165, 1.54) is 26.4 Å². The maximum Gasteiger partial charge on any atom is 0.187 e. The number of para-hydroxylation sites is 1. The molecule has 2 saturated carbocycles. The highest BCUT2D eigenvalue weighted by molar-refractivity contribution is 7.80. The number of phenols is 1. The van der Waals surface area contributed by atoms with Gasteiger partial charge in [0.25, 0.3) is 0 Å². The number of methoxy groups -OCH3 is 1. The first kappa shape index (κ1) is 16.4. The fourth-order valence-corrected chi connectivity index (χ4v) is 5.08. The van der Waals surface area contributed by atoms with Crippen molar-refractivity contribution in [2.24, 2.45) is 28.8 Å². The number of fused-ring (bicyclic) bond motifs is 5. The molecule has 6 heteroatoms. The third-order valence-electron chi connectivity index (χ3n) is 5.95. The Bertz CT molecular complexity index is 733. The molecule has 0 heterocycles. The first-order valence-electron chi connectivity index (χ1n) is 8.79. The number of rotatable bonds is 4. The van der Waals surface area contributed by atoms with E-state index in [9.17, 15) is 5.11 Å². The van der Waals surface area contributed by atoms with Crippen LogP contribution >= 0.6 is 12.2 Å². The summed E-state index contributed by atoms with van der Waals surface area (Å²) in [4.78, 5) is 0. The average Bonchev–Trinajstić information content (AvgIpc) is 3.29. The molecular weight excluding hydrogens is 334 g/mol. The van der Waals surface area contributed by atoms with Crippen molar-refractivity contribution in [1.82, 2.24) is 10.7 Å². The second kappa shape index (κ2) is 6.67. The van der Waals surface area contributed by atoms with Crippen LogP contribution in [-0.2, 0) is 0 Å². The lowest BCUT2D eigenvalue weighted by Crippen LogP contribution is -2.45. The van der Waals surface area contributed by atoms with Gasteiger partial charge in [0.15, 0.2) is 16.6 Å². The van der Waals surface area contributed by atoms with Gasteiger partial charge in [0.2, 0.25) is 0 Å². The van der Waals surface area contributed by atoms with Crippen molar-refractivity contribution >= 4 is 23.5 Å². The molecule has 5 atom stereocenters. The van der Waals surface area contributed by atoms with Crippen LogP contribution in [0.2, 0.25) is 0 Å². The van der Waals surface area contributed by atoms with Crippen LogP contribution in [0.4, 0.5) is 0 Å². The topological polar surface area (TPSA) is 65.9 Å². The number of benzene rings is 1. The van der Waals surface area contributed by atoms with Gasteiger partial charge in [0.1, 0.15) is 0 Å². The molecule has 25 heavy (non-hydrogen) atoms. The third kappa shape index (κ3) is 2.99. The molecule has 1 aromatic carbocycles. The van der Waals surface area contributed by atoms with Gasteiger partial charge in [0, 0.05) is 11.6 Å². The lowest BCUT2D eigenvalue weighted by molar-refractivity contribution is 0.246. The molecule has 3 aliphatic carbocycles. The fourth-order valence-electron chi connectivity index (χ4n) is 4.88. The number of thiocarbonyl (C=S) groups is 1. The normalized spacial score (nSPS) is 32.1. The van der Waals surface area contributed by atoms with Crippen LogP contribution in [0.3, 0.4) is 0 Å². The minimum atomic E-state index is 0.0709. The summed E-state index contributed by atoms with van der Waals surface area (Å²) in [5, 5.41) is 18.2. The molecule has 0 aromatic heterocycles. The van der Waals surface area contributed by atoms with Gasteiger partial charge >= 0.3 is 0 Å². The molecule has 0 saturated heterocycles. The Morgan fingerprint density at radius 3 is 3.08 bits per heavy atom. The van der Waals surface area contributed by atoms with Gasteiger partial charge in [-0.3, -0.25) is 5.43 Å². The van der Waals surface area contributed by atoms with Crippen molar-refractivity contribution in [3.8, 4) is 11.5 Å². The quantitative estimate of drug-likeness (QED) is 0.335. The summed E-state index contributed by atoms with van der Waals surface area (Å²) in [6, 6.07) is 5.71. The molecule has 0 spiro atoms. The zero-order valence-corrected chi connectivity index (χ0v) is 15.0. The Hall–Kier alpha value is -2.08. The van der Waals surface area contributed by atoms with E-state index in [4.69, 9.17) is 17.0 Å². The second-order valence-electron chi connectivity index (χ2n) is 7.15. The van der Waals surface area contributed by atoms with E-state index < -0.39 is 0 Å². The summed E-state index contributed by atoms with van der Waals surface area (Å²) in [6.45, 7) is 0. The minimum Gasteiger partial charge on any atom is -0.504 e. The SMILES string of the molecule is COc1cccc(/C=N\NC(=S)N[C@@H]2C[C@H]3C[C@H]2[C@@H]2C=CC[C@@H]32)c1O. The highest BCUT2D eigenvalue weighted by atomic mass is 32.1. The monoisotopic (exact) mass is 357 g/mol. The molecule has 132 valence electrons. The van der Waals surface area contributed by atoms with E-state index in [1.54, 1.807) is 24.4 Å². The van der Waals surface area contributed by atoms with Crippen molar-refractivity contribution in [3.05, 3.63) is 35.9 Å². The summed E-state index contributed by atoms with van der Waals surface area (Å²) in [6.07, 6.45) is 10.1. The molecule has 3 aliphatic rings. The van der Waals surface area contributed by atoms with Crippen LogP contribution in [0.5, 0.6) is 11.5 Å². The fraction of sp³-hybridized carbons (Fsp3) is 0.474. The number of allylic oxidation sites excluding steroid dienone is 2. The third-order valence-corrected chi connectivity index (χ3v) is 6.15. The minimum absolute atomic E-state index is 0.0709.